The molecule has 0 radical (unpaired) electrons. The van der Waals surface area contributed by atoms with E-state index in [2.05, 4.69) is 0 Å². The van der Waals surface area contributed by atoms with Crippen molar-refractivity contribution in [3.63, 3.8) is 0 Å². The highest BCUT2D eigenvalue weighted by Gasteiger charge is 2.76. The number of rotatable bonds is 4. The van der Waals surface area contributed by atoms with Gasteiger partial charge in [-0.1, -0.05) is 30.3 Å². The lowest BCUT2D eigenvalue weighted by molar-refractivity contribution is -0.344. The van der Waals surface area contributed by atoms with Crippen molar-refractivity contribution in [2.45, 2.75) is 36.4 Å². The second-order valence-electron chi connectivity index (χ2n) is 4.98. The summed E-state index contributed by atoms with van der Waals surface area (Å²) in [6.07, 6.45) is -6.32. The monoisotopic (exact) mass is 329 g/mol. The van der Waals surface area contributed by atoms with E-state index in [0.29, 0.717) is 5.56 Å². The molecule has 2 nitrogen and oxygen atoms in total. The Balaban J connectivity index is 2.04. The van der Waals surface area contributed by atoms with Crippen LogP contribution in [-0.4, -0.2) is 30.0 Å². The van der Waals surface area contributed by atoms with Crippen molar-refractivity contribution in [1.29, 1.82) is 0 Å². The van der Waals surface area contributed by atoms with Crippen LogP contribution < -0.4 is 5.32 Å². The molecule has 1 fully saturated rings. The van der Waals surface area contributed by atoms with Crippen LogP contribution in [0.1, 0.15) is 17.9 Å². The molecule has 0 bridgehead atoms. The van der Waals surface area contributed by atoms with Crippen LogP contribution >= 0.6 is 0 Å². The maximum Gasteiger partial charge on any atom is 0.460 e. The van der Waals surface area contributed by atoms with Crippen LogP contribution in [0, 0.1) is 0 Å². The molecule has 0 heterocycles. The van der Waals surface area contributed by atoms with Crippen LogP contribution in [0.25, 0.3) is 0 Å². The molecule has 1 aliphatic carbocycles. The largest absolute Gasteiger partial charge is 0.460 e. The first-order valence-corrected chi connectivity index (χ1v) is 6.16. The predicted molar refractivity (Wildman–Crippen MR) is 61.7 cm³/mol. The quantitative estimate of drug-likeness (QED) is 0.842. The predicted octanol–water partition coefficient (Wildman–Crippen LogP) is 3.49. The van der Waals surface area contributed by atoms with Crippen molar-refractivity contribution < 1.29 is 35.5 Å². The van der Waals surface area contributed by atoms with Gasteiger partial charge in [-0.3, -0.25) is 4.79 Å². The van der Waals surface area contributed by atoms with Crippen LogP contribution in [0.3, 0.4) is 0 Å². The Hall–Kier alpha value is -1.80. The number of amides is 1. The molecular formula is C13H10F7NO. The summed E-state index contributed by atoms with van der Waals surface area (Å²) in [4.78, 5) is 11.1. The van der Waals surface area contributed by atoms with Crippen molar-refractivity contribution in [2.24, 2.45) is 0 Å². The number of carbonyl (C=O) groups excluding carboxylic acids is 1. The maximum atomic E-state index is 13.1. The summed E-state index contributed by atoms with van der Waals surface area (Å²) in [6, 6.07) is 7.39. The molecule has 1 saturated carbocycles. The first-order valence-electron chi connectivity index (χ1n) is 6.16. The Labute approximate surface area is 120 Å². The van der Waals surface area contributed by atoms with Crippen LogP contribution in [0.2, 0.25) is 0 Å². The number of hydrogen-bond acceptors (Lipinski definition) is 1. The molecule has 2 atom stereocenters. The Morgan fingerprint density at radius 3 is 2.05 bits per heavy atom. The second kappa shape index (κ2) is 5.13. The van der Waals surface area contributed by atoms with Crippen LogP contribution in [0.4, 0.5) is 30.7 Å². The van der Waals surface area contributed by atoms with Crippen molar-refractivity contribution in [1.82, 2.24) is 5.32 Å². The Bertz CT molecular complexity index is 555. The molecule has 0 aliphatic heterocycles. The molecule has 1 N–H and O–H groups in total. The van der Waals surface area contributed by atoms with Crippen LogP contribution in [0.5, 0.6) is 0 Å². The van der Waals surface area contributed by atoms with E-state index >= 15 is 0 Å². The molecule has 1 aliphatic rings. The van der Waals surface area contributed by atoms with Gasteiger partial charge in [0.25, 0.3) is 5.91 Å². The summed E-state index contributed by atoms with van der Waals surface area (Å²) >= 11 is 0. The van der Waals surface area contributed by atoms with Gasteiger partial charge in [0.2, 0.25) is 0 Å². The first kappa shape index (κ1) is 16.6. The van der Waals surface area contributed by atoms with Crippen LogP contribution in [-0.2, 0) is 4.79 Å². The van der Waals surface area contributed by atoms with Gasteiger partial charge < -0.3 is 5.32 Å². The van der Waals surface area contributed by atoms with Gasteiger partial charge in [0.15, 0.2) is 0 Å². The fraction of sp³-hybridized carbons (Fsp3) is 0.462. The summed E-state index contributed by atoms with van der Waals surface area (Å²) < 4.78 is 87.6. The average Bonchev–Trinajstić information content (AvgIpc) is 3.17. The highest BCUT2D eigenvalue weighted by atomic mass is 19.4. The number of halogens is 7. The molecule has 22 heavy (non-hydrogen) atoms. The zero-order valence-corrected chi connectivity index (χ0v) is 10.8. The van der Waals surface area contributed by atoms with Gasteiger partial charge >= 0.3 is 18.0 Å². The minimum absolute atomic E-state index is 0.198. The summed E-state index contributed by atoms with van der Waals surface area (Å²) in [6.45, 7) is 0. The van der Waals surface area contributed by atoms with Gasteiger partial charge in [-0.15, -0.1) is 0 Å². The highest BCUT2D eigenvalue weighted by Crippen LogP contribution is 2.47. The summed E-state index contributed by atoms with van der Waals surface area (Å²) in [5.41, 5.74) is 0.679. The number of carbonyl (C=O) groups is 1. The van der Waals surface area contributed by atoms with Crippen molar-refractivity contribution in [3.8, 4) is 0 Å². The molecule has 122 valence electrons. The van der Waals surface area contributed by atoms with E-state index in [9.17, 15) is 35.5 Å². The third-order valence-corrected chi connectivity index (χ3v) is 3.37. The van der Waals surface area contributed by atoms with Gasteiger partial charge in [-0.05, 0) is 12.0 Å². The number of benzene rings is 1. The first-order chi connectivity index (χ1) is 9.98. The van der Waals surface area contributed by atoms with E-state index in [-0.39, 0.29) is 12.3 Å². The third kappa shape index (κ3) is 2.76. The summed E-state index contributed by atoms with van der Waals surface area (Å²) in [5.74, 6) is -15.3. The summed E-state index contributed by atoms with van der Waals surface area (Å²) in [5, 5.41) is 1.55. The molecule has 9 heteroatoms. The zero-order valence-electron chi connectivity index (χ0n) is 10.8. The van der Waals surface area contributed by atoms with E-state index in [0.717, 1.165) is 0 Å². The lowest BCUT2D eigenvalue weighted by Crippen LogP contribution is -2.59. The standard InChI is InChI=1S/C13H10F7NO/c14-11(15,12(16,17)13(18,19)20)10(22)21-9-6-8(9)7-4-2-1-3-5-7/h1-5,8-9H,6H2,(H,21,22). The molecule has 0 aromatic heterocycles. The lowest BCUT2D eigenvalue weighted by atomic mass is 10.1. The molecule has 0 saturated heterocycles. The normalized spacial score (nSPS) is 22.3. The van der Waals surface area contributed by atoms with Crippen molar-refractivity contribution >= 4 is 5.91 Å². The SMILES string of the molecule is O=C(NC1CC1c1ccccc1)C(F)(F)C(F)(F)C(F)(F)F. The zero-order chi connectivity index (χ0) is 16.8. The molecular weight excluding hydrogens is 319 g/mol. The summed E-state index contributed by atoms with van der Waals surface area (Å²) in [7, 11) is 0. The minimum atomic E-state index is -6.52. The van der Waals surface area contributed by atoms with E-state index in [1.54, 1.807) is 35.6 Å². The number of hydrogen-bond donors (Lipinski definition) is 1. The smallest absolute Gasteiger partial charge is 0.347 e. The van der Waals surface area contributed by atoms with Crippen molar-refractivity contribution in [2.75, 3.05) is 0 Å². The third-order valence-electron chi connectivity index (χ3n) is 3.37. The van der Waals surface area contributed by atoms with Crippen molar-refractivity contribution in [3.05, 3.63) is 35.9 Å². The Morgan fingerprint density at radius 1 is 1.00 bits per heavy atom. The minimum Gasteiger partial charge on any atom is -0.347 e. The Kier molecular flexibility index (Phi) is 3.87. The number of alkyl halides is 7. The van der Waals surface area contributed by atoms with Gasteiger partial charge in [0.1, 0.15) is 0 Å². The molecule has 1 amide bonds. The van der Waals surface area contributed by atoms with Gasteiger partial charge in [-0.2, -0.15) is 30.7 Å². The maximum absolute atomic E-state index is 13.1. The number of nitrogens with one attached hydrogen (secondary N) is 1. The Morgan fingerprint density at radius 2 is 1.55 bits per heavy atom. The topological polar surface area (TPSA) is 29.1 Å². The van der Waals surface area contributed by atoms with E-state index in [1.165, 1.54) is 0 Å². The molecule has 1 aromatic carbocycles. The fourth-order valence-corrected chi connectivity index (χ4v) is 2.00. The average molecular weight is 329 g/mol. The molecule has 2 rings (SSSR count). The molecule has 2 unspecified atom stereocenters. The molecule has 0 spiro atoms. The van der Waals surface area contributed by atoms with E-state index < -0.39 is 30.0 Å². The second-order valence-corrected chi connectivity index (χ2v) is 4.98. The van der Waals surface area contributed by atoms with Crippen LogP contribution in [0.15, 0.2) is 30.3 Å². The highest BCUT2D eigenvalue weighted by molar-refractivity contribution is 5.85. The van der Waals surface area contributed by atoms with Gasteiger partial charge in [0.05, 0.1) is 0 Å². The molecule has 1 aromatic rings. The van der Waals surface area contributed by atoms with Gasteiger partial charge in [-0.25, -0.2) is 0 Å². The van der Waals surface area contributed by atoms with E-state index in [4.69, 9.17) is 0 Å². The fourth-order valence-electron chi connectivity index (χ4n) is 2.00. The lowest BCUT2D eigenvalue weighted by Gasteiger charge is -2.27. The van der Waals surface area contributed by atoms with Gasteiger partial charge in [0, 0.05) is 12.0 Å². The van der Waals surface area contributed by atoms with E-state index in [1.807, 2.05) is 0 Å².